The zero-order valence-corrected chi connectivity index (χ0v) is 15.1. The first-order valence-electron chi connectivity index (χ1n) is 7.70. The fraction of sp³-hybridized carbons (Fsp3) is 0.333. The molecule has 24 heavy (non-hydrogen) atoms. The third kappa shape index (κ3) is 5.38. The fourth-order valence-corrected chi connectivity index (χ4v) is 2.58. The zero-order chi connectivity index (χ0) is 17.5. The number of ether oxygens (including phenoxy) is 2. The summed E-state index contributed by atoms with van der Waals surface area (Å²) in [5.41, 5.74) is 1.75. The normalized spacial score (nSPS) is 11.0. The number of benzene rings is 1. The van der Waals surface area contributed by atoms with Crippen LogP contribution >= 0.6 is 11.3 Å². The van der Waals surface area contributed by atoms with Gasteiger partial charge in [-0.2, -0.15) is 0 Å². The number of aromatic nitrogens is 1. The van der Waals surface area contributed by atoms with E-state index in [2.05, 4.69) is 24.1 Å². The number of aryl methyl sites for hydroxylation is 1. The molecule has 1 N–H and O–H groups in total. The number of nitrogens with zero attached hydrogens (tertiary/aromatic N) is 1. The minimum atomic E-state index is -0.219. The molecule has 1 amide bonds. The topological polar surface area (TPSA) is 60.5 Å². The number of nitrogens with one attached hydrogen (secondary N) is 1. The quantitative estimate of drug-likeness (QED) is 0.765. The van der Waals surface area contributed by atoms with E-state index in [1.54, 1.807) is 13.2 Å². The molecule has 0 saturated carbocycles. The molecule has 0 saturated heterocycles. The average Bonchev–Trinajstić information content (AvgIpc) is 2.96. The second-order valence-electron chi connectivity index (χ2n) is 5.73. The summed E-state index contributed by atoms with van der Waals surface area (Å²) in [6.45, 7) is 6.69. The molecule has 0 unspecified atom stereocenters. The molecule has 1 aromatic carbocycles. The lowest BCUT2D eigenvalue weighted by molar-refractivity contribution is -0.111. The molecule has 1 aromatic heterocycles. The van der Waals surface area contributed by atoms with E-state index < -0.39 is 0 Å². The highest BCUT2D eigenvalue weighted by atomic mass is 32.1. The molecular weight excluding hydrogens is 324 g/mol. The number of rotatable bonds is 7. The molecule has 6 heteroatoms. The van der Waals surface area contributed by atoms with Gasteiger partial charge in [0.05, 0.1) is 19.4 Å². The highest BCUT2D eigenvalue weighted by Crippen LogP contribution is 2.29. The van der Waals surface area contributed by atoms with Gasteiger partial charge >= 0.3 is 0 Å². The Bertz CT molecular complexity index is 723. The van der Waals surface area contributed by atoms with Gasteiger partial charge in [0.2, 0.25) is 5.91 Å². The van der Waals surface area contributed by atoms with Gasteiger partial charge in [-0.25, -0.2) is 4.98 Å². The number of methoxy groups -OCH3 is 1. The van der Waals surface area contributed by atoms with Crippen LogP contribution < -0.4 is 14.8 Å². The van der Waals surface area contributed by atoms with Gasteiger partial charge in [-0.3, -0.25) is 10.1 Å². The van der Waals surface area contributed by atoms with E-state index in [4.69, 9.17) is 9.47 Å². The molecule has 0 radical (unpaired) electrons. The first-order valence-corrected chi connectivity index (χ1v) is 8.58. The summed E-state index contributed by atoms with van der Waals surface area (Å²) in [7, 11) is 1.60. The number of thiazole rings is 1. The van der Waals surface area contributed by atoms with Crippen LogP contribution in [-0.4, -0.2) is 24.6 Å². The minimum absolute atomic E-state index is 0.219. The Morgan fingerprint density at radius 1 is 1.38 bits per heavy atom. The molecule has 0 atom stereocenters. The van der Waals surface area contributed by atoms with Crippen LogP contribution in [0.4, 0.5) is 5.13 Å². The molecule has 1 heterocycles. The third-order valence-corrected chi connectivity index (χ3v) is 3.91. The number of amides is 1. The molecule has 2 aromatic rings. The van der Waals surface area contributed by atoms with Gasteiger partial charge < -0.3 is 9.47 Å². The minimum Gasteiger partial charge on any atom is -0.493 e. The molecule has 0 bridgehead atoms. The van der Waals surface area contributed by atoms with E-state index in [0.29, 0.717) is 29.2 Å². The van der Waals surface area contributed by atoms with Crippen LogP contribution in [0.25, 0.3) is 6.08 Å². The van der Waals surface area contributed by atoms with Crippen LogP contribution in [0.5, 0.6) is 11.5 Å². The van der Waals surface area contributed by atoms with E-state index in [1.165, 1.54) is 17.4 Å². The maximum Gasteiger partial charge on any atom is 0.250 e. The smallest absolute Gasteiger partial charge is 0.250 e. The molecule has 0 aliphatic heterocycles. The zero-order valence-electron chi connectivity index (χ0n) is 14.3. The van der Waals surface area contributed by atoms with E-state index in [1.807, 2.05) is 30.5 Å². The number of hydrogen-bond donors (Lipinski definition) is 1. The summed E-state index contributed by atoms with van der Waals surface area (Å²) < 4.78 is 11.1. The predicted molar refractivity (Wildman–Crippen MR) is 97.8 cm³/mol. The number of hydrogen-bond acceptors (Lipinski definition) is 5. The number of anilines is 1. The molecule has 0 fully saturated rings. The van der Waals surface area contributed by atoms with Gasteiger partial charge in [-0.15, -0.1) is 11.3 Å². The highest BCUT2D eigenvalue weighted by Gasteiger charge is 2.06. The largest absolute Gasteiger partial charge is 0.493 e. The van der Waals surface area contributed by atoms with E-state index in [-0.39, 0.29) is 5.91 Å². The van der Waals surface area contributed by atoms with Gasteiger partial charge in [0.1, 0.15) is 0 Å². The molecular formula is C18H22N2O3S. The molecule has 0 aliphatic carbocycles. The van der Waals surface area contributed by atoms with Crippen molar-refractivity contribution in [2.45, 2.75) is 20.8 Å². The first-order chi connectivity index (χ1) is 11.5. The Labute approximate surface area is 146 Å². The van der Waals surface area contributed by atoms with Crippen molar-refractivity contribution >= 4 is 28.5 Å². The SMILES string of the molecule is COc1cc(/C=C/C(=O)Nc2nc(C)cs2)ccc1OCC(C)C. The van der Waals surface area contributed by atoms with Crippen LogP contribution in [0.1, 0.15) is 25.1 Å². The van der Waals surface area contributed by atoms with Crippen molar-refractivity contribution in [1.29, 1.82) is 0 Å². The van der Waals surface area contributed by atoms with E-state index in [0.717, 1.165) is 11.3 Å². The second kappa shape index (κ2) is 8.49. The summed E-state index contributed by atoms with van der Waals surface area (Å²) >= 11 is 1.40. The summed E-state index contributed by atoms with van der Waals surface area (Å²) in [6.07, 6.45) is 3.20. The van der Waals surface area contributed by atoms with Gasteiger partial charge in [-0.1, -0.05) is 19.9 Å². The summed E-state index contributed by atoms with van der Waals surface area (Å²) in [5.74, 6) is 1.57. The summed E-state index contributed by atoms with van der Waals surface area (Å²) in [5, 5.41) is 5.22. The van der Waals surface area contributed by atoms with Gasteiger partial charge in [-0.05, 0) is 36.6 Å². The number of carbonyl (C=O) groups is 1. The van der Waals surface area contributed by atoms with Crippen molar-refractivity contribution < 1.29 is 14.3 Å². The monoisotopic (exact) mass is 346 g/mol. The fourth-order valence-electron chi connectivity index (χ4n) is 1.89. The van der Waals surface area contributed by atoms with Crippen LogP contribution in [0.15, 0.2) is 29.7 Å². The standard InChI is InChI=1S/C18H22N2O3S/c1-12(2)10-23-15-7-5-14(9-16(15)22-4)6-8-17(21)20-18-19-13(3)11-24-18/h5-9,11-12H,10H2,1-4H3,(H,19,20,21)/b8-6+. The lowest BCUT2D eigenvalue weighted by Crippen LogP contribution is -2.07. The Morgan fingerprint density at radius 3 is 2.79 bits per heavy atom. The molecule has 0 spiro atoms. The van der Waals surface area contributed by atoms with Crippen LogP contribution in [0, 0.1) is 12.8 Å². The van der Waals surface area contributed by atoms with Crippen molar-refractivity contribution in [2.24, 2.45) is 5.92 Å². The summed E-state index contributed by atoms with van der Waals surface area (Å²) in [6, 6.07) is 5.57. The van der Waals surface area contributed by atoms with Crippen LogP contribution in [0.3, 0.4) is 0 Å². The van der Waals surface area contributed by atoms with Gasteiger partial charge in [0.15, 0.2) is 16.6 Å². The average molecular weight is 346 g/mol. The van der Waals surface area contributed by atoms with Crippen molar-refractivity contribution in [3.05, 3.63) is 40.9 Å². The summed E-state index contributed by atoms with van der Waals surface area (Å²) in [4.78, 5) is 16.1. The Hall–Kier alpha value is -2.34. The first kappa shape index (κ1) is 18.0. The Morgan fingerprint density at radius 2 is 2.17 bits per heavy atom. The van der Waals surface area contributed by atoms with Crippen LogP contribution in [-0.2, 0) is 4.79 Å². The van der Waals surface area contributed by atoms with Crippen molar-refractivity contribution in [2.75, 3.05) is 19.0 Å². The molecule has 2 rings (SSSR count). The lowest BCUT2D eigenvalue weighted by Gasteiger charge is -2.12. The molecule has 0 aliphatic rings. The van der Waals surface area contributed by atoms with Crippen molar-refractivity contribution in [3.63, 3.8) is 0 Å². The predicted octanol–water partition coefficient (Wildman–Crippen LogP) is 4.15. The Kier molecular flexibility index (Phi) is 6.37. The third-order valence-electron chi connectivity index (χ3n) is 3.04. The maximum absolute atomic E-state index is 11.9. The van der Waals surface area contributed by atoms with Crippen molar-refractivity contribution in [1.82, 2.24) is 4.98 Å². The van der Waals surface area contributed by atoms with Crippen LogP contribution in [0.2, 0.25) is 0 Å². The van der Waals surface area contributed by atoms with Crippen molar-refractivity contribution in [3.8, 4) is 11.5 Å². The maximum atomic E-state index is 11.9. The van der Waals surface area contributed by atoms with E-state index in [9.17, 15) is 4.79 Å². The number of carbonyl (C=O) groups excluding carboxylic acids is 1. The van der Waals surface area contributed by atoms with Gasteiger partial charge in [0.25, 0.3) is 0 Å². The van der Waals surface area contributed by atoms with Gasteiger partial charge in [0, 0.05) is 11.5 Å². The highest BCUT2D eigenvalue weighted by molar-refractivity contribution is 7.13. The van der Waals surface area contributed by atoms with E-state index >= 15 is 0 Å². The second-order valence-corrected chi connectivity index (χ2v) is 6.59. The Balaban J connectivity index is 2.02. The molecule has 5 nitrogen and oxygen atoms in total. The lowest BCUT2D eigenvalue weighted by atomic mass is 10.2. The molecule has 128 valence electrons.